The summed E-state index contributed by atoms with van der Waals surface area (Å²) in [6.45, 7) is 2.12. The fourth-order valence-corrected chi connectivity index (χ4v) is 2.92. The van der Waals surface area contributed by atoms with Gasteiger partial charge in [-0.1, -0.05) is 0 Å². The summed E-state index contributed by atoms with van der Waals surface area (Å²) in [6, 6.07) is 0. The van der Waals surface area contributed by atoms with Crippen LogP contribution in [-0.2, 0) is 9.05 Å². The van der Waals surface area contributed by atoms with Gasteiger partial charge in [-0.15, -0.1) is 0 Å². The Balaban J connectivity index is 2.35. The van der Waals surface area contributed by atoms with Crippen molar-refractivity contribution in [3.63, 3.8) is 0 Å². The molecule has 13 heavy (non-hydrogen) atoms. The van der Waals surface area contributed by atoms with E-state index in [2.05, 4.69) is 4.90 Å². The molecule has 80 valence electrons. The van der Waals surface area contributed by atoms with Gasteiger partial charge in [0.25, 0.3) is 0 Å². The molecule has 0 unspecified atom stereocenters. The zero-order valence-corrected chi connectivity index (χ0v) is 9.45. The summed E-state index contributed by atoms with van der Waals surface area (Å²) in [7, 11) is 0.168. The summed E-state index contributed by atoms with van der Waals surface area (Å²) in [5.74, 6) is 0. The standard InChI is InChI=1S/C8H20NO3P/c1-11-13(10,12-2)8-9-6-4-3-5-7-9/h10,13H,3-8H2,1-2H3. The minimum absolute atomic E-state index is 0.569. The molecule has 0 aromatic rings. The van der Waals surface area contributed by atoms with Gasteiger partial charge in [0.2, 0.25) is 0 Å². The Labute approximate surface area is 80.4 Å². The van der Waals surface area contributed by atoms with Crippen molar-refractivity contribution >= 4 is 7.94 Å². The normalized spacial score (nSPS) is 21.8. The zero-order valence-electron chi connectivity index (χ0n) is 8.45. The van der Waals surface area contributed by atoms with Crippen LogP contribution < -0.4 is 0 Å². The molecule has 0 aliphatic carbocycles. The van der Waals surface area contributed by atoms with Gasteiger partial charge in [-0.3, -0.25) is 0 Å². The van der Waals surface area contributed by atoms with E-state index < -0.39 is 7.94 Å². The third-order valence-corrected chi connectivity index (χ3v) is 4.63. The van der Waals surface area contributed by atoms with Crippen LogP contribution in [0.1, 0.15) is 19.3 Å². The van der Waals surface area contributed by atoms with Gasteiger partial charge in [0.05, 0.1) is 0 Å². The zero-order chi connectivity index (χ0) is 9.73. The van der Waals surface area contributed by atoms with Crippen LogP contribution >= 0.6 is 7.94 Å². The van der Waals surface area contributed by atoms with Crippen LogP contribution in [-0.4, -0.2) is 43.4 Å². The number of hydrogen-bond acceptors (Lipinski definition) is 4. The van der Waals surface area contributed by atoms with Gasteiger partial charge >= 0.3 is 79.6 Å². The van der Waals surface area contributed by atoms with Crippen molar-refractivity contribution in [1.82, 2.24) is 4.90 Å². The van der Waals surface area contributed by atoms with Crippen molar-refractivity contribution in [2.24, 2.45) is 0 Å². The van der Waals surface area contributed by atoms with Crippen LogP contribution in [0.3, 0.4) is 0 Å². The average molecular weight is 209 g/mol. The second-order valence-electron chi connectivity index (χ2n) is 3.46. The van der Waals surface area contributed by atoms with Gasteiger partial charge in [0.15, 0.2) is 0 Å². The van der Waals surface area contributed by atoms with Crippen molar-refractivity contribution < 1.29 is 13.9 Å². The maximum absolute atomic E-state index is 9.83. The third-order valence-electron chi connectivity index (χ3n) is 2.51. The molecule has 1 aliphatic heterocycles. The quantitative estimate of drug-likeness (QED) is 0.707. The van der Waals surface area contributed by atoms with E-state index in [0.717, 1.165) is 13.1 Å². The number of piperidine rings is 1. The van der Waals surface area contributed by atoms with Crippen LogP contribution in [0, 0.1) is 0 Å². The molecule has 0 saturated carbocycles. The molecule has 4 nitrogen and oxygen atoms in total. The Morgan fingerprint density at radius 3 is 2.15 bits per heavy atom. The molecule has 1 aliphatic rings. The molecule has 0 radical (unpaired) electrons. The Morgan fingerprint density at radius 1 is 1.15 bits per heavy atom. The van der Waals surface area contributed by atoms with Gasteiger partial charge in [-0.05, 0) is 0 Å². The fraction of sp³-hybridized carbons (Fsp3) is 1.00. The number of rotatable bonds is 4. The predicted molar refractivity (Wildman–Crippen MR) is 54.8 cm³/mol. The van der Waals surface area contributed by atoms with Crippen molar-refractivity contribution in [2.45, 2.75) is 19.3 Å². The minimum atomic E-state index is -2.86. The van der Waals surface area contributed by atoms with E-state index in [1.807, 2.05) is 0 Å². The molecule has 0 aromatic carbocycles. The van der Waals surface area contributed by atoms with Crippen LogP contribution in [0.5, 0.6) is 0 Å². The Bertz CT molecular complexity index is 146. The molecule has 0 atom stereocenters. The first-order valence-corrected chi connectivity index (χ1v) is 6.72. The average Bonchev–Trinajstić information content (AvgIpc) is 2.19. The number of likely N-dealkylation sites (tertiary alicyclic amines) is 1. The monoisotopic (exact) mass is 209 g/mol. The van der Waals surface area contributed by atoms with Crippen LogP contribution in [0.25, 0.3) is 0 Å². The van der Waals surface area contributed by atoms with Gasteiger partial charge in [-0.2, -0.15) is 0 Å². The molecule has 1 saturated heterocycles. The van der Waals surface area contributed by atoms with Gasteiger partial charge < -0.3 is 0 Å². The molecule has 0 bridgehead atoms. The van der Waals surface area contributed by atoms with E-state index in [4.69, 9.17) is 9.05 Å². The molecule has 1 rings (SSSR count). The van der Waals surface area contributed by atoms with Crippen molar-refractivity contribution in [3.8, 4) is 0 Å². The fourth-order valence-electron chi connectivity index (χ4n) is 1.61. The van der Waals surface area contributed by atoms with Gasteiger partial charge in [-0.25, -0.2) is 0 Å². The van der Waals surface area contributed by atoms with Crippen molar-refractivity contribution in [2.75, 3.05) is 33.6 Å². The first kappa shape index (κ1) is 11.3. The SMILES string of the molecule is CO[PH](O)(CN1CCCCC1)OC. The van der Waals surface area contributed by atoms with Crippen LogP contribution in [0.2, 0.25) is 0 Å². The molecule has 5 heteroatoms. The summed E-state index contributed by atoms with van der Waals surface area (Å²) in [5.41, 5.74) is 0. The molecule has 1 N–H and O–H groups in total. The Kier molecular flexibility index (Phi) is 4.56. The van der Waals surface area contributed by atoms with Crippen molar-refractivity contribution in [1.29, 1.82) is 0 Å². The summed E-state index contributed by atoms with van der Waals surface area (Å²) < 4.78 is 10.0. The van der Waals surface area contributed by atoms with E-state index >= 15 is 0 Å². The molecular formula is C8H20NO3P. The number of nitrogens with zero attached hydrogens (tertiary/aromatic N) is 1. The summed E-state index contributed by atoms with van der Waals surface area (Å²) in [5, 5.41) is 0. The molecule has 1 heterocycles. The van der Waals surface area contributed by atoms with E-state index in [1.165, 1.54) is 33.5 Å². The summed E-state index contributed by atoms with van der Waals surface area (Å²) in [6.07, 6.45) is 4.31. The topological polar surface area (TPSA) is 41.9 Å². The van der Waals surface area contributed by atoms with Crippen LogP contribution in [0.15, 0.2) is 0 Å². The Morgan fingerprint density at radius 2 is 1.69 bits per heavy atom. The van der Waals surface area contributed by atoms with Crippen LogP contribution in [0.4, 0.5) is 0 Å². The molecular weight excluding hydrogens is 189 g/mol. The first-order valence-electron chi connectivity index (χ1n) is 4.75. The third kappa shape index (κ3) is 3.49. The second-order valence-corrected chi connectivity index (χ2v) is 6.02. The summed E-state index contributed by atoms with van der Waals surface area (Å²) >= 11 is 0. The number of hydrogen-bond donors (Lipinski definition) is 1. The maximum atomic E-state index is 9.83. The second kappa shape index (κ2) is 5.23. The van der Waals surface area contributed by atoms with E-state index in [-0.39, 0.29) is 0 Å². The van der Waals surface area contributed by atoms with E-state index in [1.54, 1.807) is 0 Å². The van der Waals surface area contributed by atoms with E-state index in [0.29, 0.717) is 6.29 Å². The molecule has 0 spiro atoms. The van der Waals surface area contributed by atoms with E-state index in [9.17, 15) is 4.89 Å². The first-order chi connectivity index (χ1) is 6.20. The summed E-state index contributed by atoms with van der Waals surface area (Å²) in [4.78, 5) is 12.1. The molecule has 0 aromatic heterocycles. The van der Waals surface area contributed by atoms with Crippen molar-refractivity contribution in [3.05, 3.63) is 0 Å². The van der Waals surface area contributed by atoms with Gasteiger partial charge in [0.1, 0.15) is 0 Å². The predicted octanol–water partition coefficient (Wildman–Crippen LogP) is 1.21. The molecule has 0 amide bonds. The Hall–Kier alpha value is 0.270. The van der Waals surface area contributed by atoms with Gasteiger partial charge in [0, 0.05) is 0 Å². The molecule has 1 fully saturated rings.